The lowest BCUT2D eigenvalue weighted by molar-refractivity contribution is -0.136. The molecule has 1 fully saturated rings. The Morgan fingerprint density at radius 2 is 1.74 bits per heavy atom. The zero-order valence-corrected chi connectivity index (χ0v) is 18.9. The number of carbonyl (C=O) groups excluding carboxylic acids is 1. The number of nitrogens with one attached hydrogen (secondary N) is 1. The molecule has 0 radical (unpaired) electrons. The van der Waals surface area contributed by atoms with Crippen LogP contribution in [0.5, 0.6) is 0 Å². The molecule has 4 rings (SSSR count). The third-order valence-corrected chi connectivity index (χ3v) is 7.78. The molecule has 1 aliphatic heterocycles. The molecule has 1 heterocycles. The van der Waals surface area contributed by atoms with E-state index in [1.807, 2.05) is 54.6 Å². The highest BCUT2D eigenvalue weighted by Gasteiger charge is 2.44. The fourth-order valence-corrected chi connectivity index (χ4v) is 6.01. The topological polar surface area (TPSA) is 69.7 Å². The zero-order chi connectivity index (χ0) is 22.0. The van der Waals surface area contributed by atoms with Crippen molar-refractivity contribution >= 4 is 39.3 Å². The molecular formula is C23H25N3O3S2. The van der Waals surface area contributed by atoms with Crippen molar-refractivity contribution in [1.29, 1.82) is 0 Å². The maximum Gasteiger partial charge on any atom is 0.254 e. The van der Waals surface area contributed by atoms with Gasteiger partial charge in [-0.2, -0.15) is 16.9 Å². The van der Waals surface area contributed by atoms with Crippen molar-refractivity contribution in [3.05, 3.63) is 78.4 Å². The van der Waals surface area contributed by atoms with Crippen molar-refractivity contribution in [3.63, 3.8) is 0 Å². The van der Waals surface area contributed by atoms with Gasteiger partial charge in [-0.05, 0) is 34.9 Å². The Bertz CT molecular complexity index is 1180. The summed E-state index contributed by atoms with van der Waals surface area (Å²) in [6.07, 6.45) is 0.367. The Hall–Kier alpha value is -2.39. The molecule has 162 valence electrons. The number of rotatable bonds is 6. The number of thiol groups is 1. The Kier molecular flexibility index (Phi) is 6.34. The number of carbonyl (C=O) groups is 1. The molecule has 1 amide bonds. The second kappa shape index (κ2) is 9.00. The molecule has 31 heavy (non-hydrogen) atoms. The lowest BCUT2D eigenvalue weighted by Gasteiger charge is -2.27. The Morgan fingerprint density at radius 1 is 1.06 bits per heavy atom. The van der Waals surface area contributed by atoms with Gasteiger partial charge in [0.25, 0.3) is 5.91 Å². The molecule has 0 aliphatic carbocycles. The molecule has 6 nitrogen and oxygen atoms in total. The van der Waals surface area contributed by atoms with Crippen LogP contribution in [0.3, 0.4) is 0 Å². The molecule has 0 aromatic heterocycles. The average Bonchev–Trinajstić information content (AvgIpc) is 3.19. The molecule has 3 aromatic carbocycles. The monoisotopic (exact) mass is 455 g/mol. The Balaban J connectivity index is 1.55. The number of fused-ring (bicyclic) bond motifs is 1. The van der Waals surface area contributed by atoms with Gasteiger partial charge in [0.05, 0.1) is 4.90 Å². The maximum atomic E-state index is 13.4. The molecule has 1 saturated heterocycles. The van der Waals surface area contributed by atoms with Crippen LogP contribution < -0.4 is 5.43 Å². The predicted molar refractivity (Wildman–Crippen MR) is 125 cm³/mol. The number of hydrogen-bond donors (Lipinski definition) is 2. The molecule has 0 bridgehead atoms. The van der Waals surface area contributed by atoms with Crippen LogP contribution in [-0.4, -0.2) is 48.5 Å². The number of amides is 1. The van der Waals surface area contributed by atoms with Gasteiger partial charge in [0.15, 0.2) is 0 Å². The van der Waals surface area contributed by atoms with Crippen LogP contribution in [0.1, 0.15) is 12.0 Å². The van der Waals surface area contributed by atoms with Crippen LogP contribution in [-0.2, 0) is 21.4 Å². The summed E-state index contributed by atoms with van der Waals surface area (Å²) in [5.41, 5.74) is 4.09. The largest absolute Gasteiger partial charge is 0.279 e. The molecule has 8 heteroatoms. The summed E-state index contributed by atoms with van der Waals surface area (Å²) in [5, 5.41) is 2.99. The minimum atomic E-state index is -3.85. The summed E-state index contributed by atoms with van der Waals surface area (Å²) in [6, 6.07) is 21.6. The fraction of sp³-hybridized carbons (Fsp3) is 0.261. The van der Waals surface area contributed by atoms with E-state index < -0.39 is 16.1 Å². The quantitative estimate of drug-likeness (QED) is 0.443. The van der Waals surface area contributed by atoms with Gasteiger partial charge in [0, 0.05) is 25.4 Å². The van der Waals surface area contributed by atoms with Crippen LogP contribution in [0, 0.1) is 0 Å². The number of hydrogen-bond acceptors (Lipinski definition) is 5. The van der Waals surface area contributed by atoms with Gasteiger partial charge in [-0.25, -0.2) is 13.8 Å². The summed E-state index contributed by atoms with van der Waals surface area (Å²) >= 11 is 4.49. The average molecular weight is 456 g/mol. The van der Waals surface area contributed by atoms with E-state index in [1.54, 1.807) is 25.2 Å². The van der Waals surface area contributed by atoms with Gasteiger partial charge in [-0.3, -0.25) is 9.80 Å². The number of likely N-dealkylation sites (N-methyl/N-ethyl adjacent to an activating group) is 1. The highest BCUT2D eigenvalue weighted by molar-refractivity contribution is 7.89. The van der Waals surface area contributed by atoms with Gasteiger partial charge in [0.2, 0.25) is 10.0 Å². The van der Waals surface area contributed by atoms with E-state index in [4.69, 9.17) is 0 Å². The third kappa shape index (κ3) is 4.62. The third-order valence-electron chi connectivity index (χ3n) is 5.54. The molecule has 3 aromatic rings. The zero-order valence-electron chi connectivity index (χ0n) is 17.2. The van der Waals surface area contributed by atoms with Crippen molar-refractivity contribution < 1.29 is 13.2 Å². The minimum Gasteiger partial charge on any atom is -0.279 e. The first-order chi connectivity index (χ1) is 14.9. The van der Waals surface area contributed by atoms with Gasteiger partial charge in [-0.15, -0.1) is 0 Å². The van der Waals surface area contributed by atoms with Crippen LogP contribution in [0.15, 0.2) is 77.7 Å². The van der Waals surface area contributed by atoms with Crippen molar-refractivity contribution in [2.45, 2.75) is 29.2 Å². The lowest BCUT2D eigenvalue weighted by atomic mass is 10.1. The smallest absolute Gasteiger partial charge is 0.254 e. The summed E-state index contributed by atoms with van der Waals surface area (Å²) in [5.74, 6) is -0.295. The van der Waals surface area contributed by atoms with Crippen molar-refractivity contribution in [1.82, 2.24) is 14.7 Å². The molecule has 2 atom stereocenters. The molecule has 1 N–H and O–H groups in total. The normalized spacial score (nSPS) is 19.5. The highest BCUT2D eigenvalue weighted by Crippen LogP contribution is 2.31. The van der Waals surface area contributed by atoms with Gasteiger partial charge >= 0.3 is 0 Å². The first kappa shape index (κ1) is 21.8. The Labute approximate surface area is 188 Å². The van der Waals surface area contributed by atoms with Crippen LogP contribution in [0.25, 0.3) is 10.8 Å². The van der Waals surface area contributed by atoms with Gasteiger partial charge < -0.3 is 0 Å². The molecule has 1 aliphatic rings. The number of sulfonamides is 1. The van der Waals surface area contributed by atoms with E-state index >= 15 is 0 Å². The first-order valence-electron chi connectivity index (χ1n) is 10.1. The highest BCUT2D eigenvalue weighted by atomic mass is 32.2. The minimum absolute atomic E-state index is 0.186. The summed E-state index contributed by atoms with van der Waals surface area (Å²) in [7, 11) is -2.23. The van der Waals surface area contributed by atoms with Crippen molar-refractivity contribution in [2.75, 3.05) is 13.6 Å². The van der Waals surface area contributed by atoms with E-state index in [9.17, 15) is 13.2 Å². The number of hydrazine groups is 1. The van der Waals surface area contributed by atoms with Crippen molar-refractivity contribution in [3.8, 4) is 0 Å². The van der Waals surface area contributed by atoms with Gasteiger partial charge in [-0.1, -0.05) is 60.7 Å². The van der Waals surface area contributed by atoms with Crippen LogP contribution >= 0.6 is 12.6 Å². The molecule has 0 spiro atoms. The van der Waals surface area contributed by atoms with Gasteiger partial charge in [0.1, 0.15) is 6.04 Å². The second-order valence-corrected chi connectivity index (χ2v) is 10.3. The van der Waals surface area contributed by atoms with Crippen LogP contribution in [0.4, 0.5) is 0 Å². The molecule has 0 unspecified atom stereocenters. The van der Waals surface area contributed by atoms with Crippen molar-refractivity contribution in [2.24, 2.45) is 0 Å². The molecular weight excluding hydrogens is 430 g/mol. The van der Waals surface area contributed by atoms with E-state index in [0.717, 1.165) is 16.3 Å². The summed E-state index contributed by atoms with van der Waals surface area (Å²) < 4.78 is 28.2. The van der Waals surface area contributed by atoms with E-state index in [0.29, 0.717) is 13.0 Å². The summed E-state index contributed by atoms with van der Waals surface area (Å²) in [6.45, 7) is 0.665. The maximum absolute atomic E-state index is 13.4. The van der Waals surface area contributed by atoms with E-state index in [-0.39, 0.29) is 22.6 Å². The second-order valence-electron chi connectivity index (χ2n) is 7.71. The first-order valence-corrected chi connectivity index (χ1v) is 12.1. The SMILES string of the molecule is CN(NCc1ccccc1)C(=O)[C@@H]1C[C@@H](S)CN1S(=O)(=O)c1ccc2ccccc2c1. The number of nitrogens with zero attached hydrogens (tertiary/aromatic N) is 2. The number of benzene rings is 3. The Morgan fingerprint density at radius 3 is 2.48 bits per heavy atom. The predicted octanol–water partition coefficient (Wildman–Crippen LogP) is 3.06. The standard InChI is InChI=1S/C23H25N3O3S2/c1-25(24-15-17-7-3-2-4-8-17)23(27)22-14-20(30)16-26(22)31(28,29)21-12-11-18-9-5-6-10-19(18)13-21/h2-13,20,22,24,30H,14-16H2,1H3/t20-,22+/m1/s1. The van der Waals surface area contributed by atoms with E-state index in [1.165, 1.54) is 9.31 Å². The molecule has 0 saturated carbocycles. The van der Waals surface area contributed by atoms with Crippen LogP contribution in [0.2, 0.25) is 0 Å². The summed E-state index contributed by atoms with van der Waals surface area (Å²) in [4.78, 5) is 13.3. The fourth-order valence-electron chi connectivity index (χ4n) is 3.84. The lowest BCUT2D eigenvalue weighted by Crippen LogP contribution is -2.50. The van der Waals surface area contributed by atoms with E-state index in [2.05, 4.69) is 18.1 Å².